The predicted molar refractivity (Wildman–Crippen MR) is 119 cm³/mol. The van der Waals surface area contributed by atoms with E-state index < -0.39 is 27.4 Å². The molecule has 8 heteroatoms. The summed E-state index contributed by atoms with van der Waals surface area (Å²) in [4.78, 5) is 3.45. The first-order chi connectivity index (χ1) is 15.5. The van der Waals surface area contributed by atoms with Gasteiger partial charge in [-0.2, -0.15) is 13.2 Å². The lowest BCUT2D eigenvalue weighted by Gasteiger charge is -2.12. The maximum Gasteiger partial charge on any atom is 0.416 e. The summed E-state index contributed by atoms with van der Waals surface area (Å²) in [5, 5.41) is 0.855. The highest BCUT2D eigenvalue weighted by atomic mass is 32.2. The highest BCUT2D eigenvalue weighted by Crippen LogP contribution is 2.34. The van der Waals surface area contributed by atoms with Crippen molar-refractivity contribution >= 4 is 20.7 Å². The van der Waals surface area contributed by atoms with Gasteiger partial charge in [0.1, 0.15) is 5.82 Å². The first-order valence-electron chi connectivity index (χ1n) is 10.3. The van der Waals surface area contributed by atoms with E-state index in [-0.39, 0.29) is 22.6 Å². The Hall–Kier alpha value is -3.13. The number of alkyl halides is 3. The fraction of sp³-hybridized carbons (Fsp3) is 0.200. The molecule has 3 aromatic carbocycles. The lowest BCUT2D eigenvalue weighted by molar-refractivity contribution is -0.138. The van der Waals surface area contributed by atoms with E-state index in [4.69, 9.17) is 0 Å². The summed E-state index contributed by atoms with van der Waals surface area (Å²) in [5.74, 6) is -0.881. The second-order valence-corrected chi connectivity index (χ2v) is 10.2. The zero-order valence-corrected chi connectivity index (χ0v) is 18.5. The number of benzene rings is 3. The smallest absolute Gasteiger partial charge is 0.358 e. The van der Waals surface area contributed by atoms with Crippen LogP contribution in [0.5, 0.6) is 0 Å². The van der Waals surface area contributed by atoms with Crippen molar-refractivity contribution in [3.8, 4) is 0 Å². The quantitative estimate of drug-likeness (QED) is 0.333. The number of nitrogens with one attached hydrogen (secondary N) is 1. The molecular formula is C25H21F4NO2S. The fourth-order valence-electron chi connectivity index (χ4n) is 3.83. The number of rotatable bonds is 6. The van der Waals surface area contributed by atoms with Crippen molar-refractivity contribution in [3.05, 3.63) is 100 Å². The number of sulfone groups is 1. The molecule has 0 saturated heterocycles. The van der Waals surface area contributed by atoms with Crippen LogP contribution >= 0.6 is 0 Å². The number of halogens is 4. The minimum Gasteiger partial charge on any atom is -0.358 e. The van der Waals surface area contributed by atoms with Crippen molar-refractivity contribution in [1.82, 2.24) is 4.98 Å². The minimum absolute atomic E-state index is 0.00204. The van der Waals surface area contributed by atoms with Crippen LogP contribution in [-0.4, -0.2) is 19.2 Å². The van der Waals surface area contributed by atoms with Gasteiger partial charge in [0.25, 0.3) is 0 Å². The van der Waals surface area contributed by atoms with Crippen LogP contribution in [0.15, 0.2) is 71.6 Å². The van der Waals surface area contributed by atoms with Crippen molar-refractivity contribution in [2.45, 2.75) is 30.8 Å². The molecule has 0 aliphatic heterocycles. The lowest BCUT2D eigenvalue weighted by Crippen LogP contribution is -2.10. The molecule has 0 radical (unpaired) electrons. The second-order valence-electron chi connectivity index (χ2n) is 7.92. The van der Waals surface area contributed by atoms with Crippen LogP contribution in [0.4, 0.5) is 17.6 Å². The van der Waals surface area contributed by atoms with E-state index in [2.05, 4.69) is 4.98 Å². The van der Waals surface area contributed by atoms with Gasteiger partial charge in [0.2, 0.25) is 0 Å². The highest BCUT2D eigenvalue weighted by Gasteiger charge is 2.33. The molecule has 0 aliphatic carbocycles. The number of fused-ring (bicyclic) bond motifs is 1. The Balaban J connectivity index is 1.56. The van der Waals surface area contributed by atoms with E-state index in [1.54, 1.807) is 37.3 Å². The van der Waals surface area contributed by atoms with Crippen molar-refractivity contribution in [2.75, 3.05) is 5.75 Å². The third-order valence-electron chi connectivity index (χ3n) is 5.57. The first kappa shape index (κ1) is 23.0. The van der Waals surface area contributed by atoms with Gasteiger partial charge >= 0.3 is 6.18 Å². The third kappa shape index (κ3) is 5.11. The molecule has 0 amide bonds. The molecule has 3 nitrogen and oxygen atoms in total. The van der Waals surface area contributed by atoms with Crippen molar-refractivity contribution in [1.29, 1.82) is 0 Å². The van der Waals surface area contributed by atoms with Gasteiger partial charge in [-0.05, 0) is 64.9 Å². The van der Waals surface area contributed by atoms with Crippen LogP contribution in [0.2, 0.25) is 0 Å². The number of H-pyrrole nitrogens is 1. The molecule has 33 heavy (non-hydrogen) atoms. The van der Waals surface area contributed by atoms with E-state index in [1.165, 1.54) is 0 Å². The average Bonchev–Trinajstić information content (AvgIpc) is 3.16. The number of hydrogen-bond acceptors (Lipinski definition) is 2. The van der Waals surface area contributed by atoms with Gasteiger partial charge in [0.05, 0.1) is 16.2 Å². The molecule has 1 aromatic heterocycles. The monoisotopic (exact) mass is 475 g/mol. The molecule has 0 spiro atoms. The molecule has 0 fully saturated rings. The lowest BCUT2D eigenvalue weighted by atomic mass is 10.0. The van der Waals surface area contributed by atoms with Crippen LogP contribution in [0.1, 0.15) is 34.9 Å². The number of aromatic amines is 1. The molecule has 0 bridgehead atoms. The average molecular weight is 476 g/mol. The Morgan fingerprint density at radius 2 is 1.55 bits per heavy atom. The van der Waals surface area contributed by atoms with Crippen molar-refractivity contribution in [3.63, 3.8) is 0 Å². The van der Waals surface area contributed by atoms with Gasteiger partial charge in [-0.15, -0.1) is 0 Å². The Labute approximate surface area is 189 Å². The molecule has 172 valence electrons. The first-order valence-corrected chi connectivity index (χ1v) is 12.0. The molecule has 1 heterocycles. The predicted octanol–water partition coefficient (Wildman–Crippen LogP) is 6.30. The Morgan fingerprint density at radius 3 is 2.21 bits per heavy atom. The highest BCUT2D eigenvalue weighted by molar-refractivity contribution is 7.91. The van der Waals surface area contributed by atoms with Crippen LogP contribution in [0.25, 0.3) is 10.9 Å². The van der Waals surface area contributed by atoms with E-state index in [1.807, 2.05) is 18.2 Å². The van der Waals surface area contributed by atoms with E-state index in [0.29, 0.717) is 18.2 Å². The van der Waals surface area contributed by atoms with Crippen LogP contribution in [0.3, 0.4) is 0 Å². The van der Waals surface area contributed by atoms with Gasteiger partial charge < -0.3 is 4.98 Å². The molecule has 4 aromatic rings. The van der Waals surface area contributed by atoms with Gasteiger partial charge in [-0.1, -0.05) is 37.3 Å². The molecular weight excluding hydrogens is 454 g/mol. The van der Waals surface area contributed by atoms with E-state index in [0.717, 1.165) is 34.2 Å². The summed E-state index contributed by atoms with van der Waals surface area (Å²) in [5.41, 5.74) is 2.31. The van der Waals surface area contributed by atoms with E-state index >= 15 is 0 Å². The van der Waals surface area contributed by atoms with Gasteiger partial charge in [-0.25, -0.2) is 12.8 Å². The zero-order chi connectivity index (χ0) is 23.8. The summed E-state index contributed by atoms with van der Waals surface area (Å²) >= 11 is 0. The summed E-state index contributed by atoms with van der Waals surface area (Å²) in [7, 11) is -3.25. The normalized spacial score (nSPS) is 12.4. The van der Waals surface area contributed by atoms with Crippen molar-refractivity contribution < 1.29 is 26.0 Å². The topological polar surface area (TPSA) is 49.9 Å². The van der Waals surface area contributed by atoms with E-state index in [9.17, 15) is 26.0 Å². The SMILES string of the molecule is CCS(=O)(=O)c1ccc(Cc2ccc3cc(Cc4ccc(F)cc4C(F)(F)F)[nH]c3c2)cc1. The maximum absolute atomic E-state index is 13.4. The van der Waals surface area contributed by atoms with Gasteiger partial charge in [0.15, 0.2) is 9.84 Å². The van der Waals surface area contributed by atoms with Crippen LogP contribution < -0.4 is 0 Å². The Kier molecular flexibility index (Phi) is 6.05. The van der Waals surface area contributed by atoms with Gasteiger partial charge in [-0.3, -0.25) is 0 Å². The largest absolute Gasteiger partial charge is 0.416 e. The fourth-order valence-corrected chi connectivity index (χ4v) is 4.71. The second kappa shape index (κ2) is 8.67. The van der Waals surface area contributed by atoms with Crippen LogP contribution in [-0.2, 0) is 28.9 Å². The molecule has 4 rings (SSSR count). The minimum atomic E-state index is -4.64. The molecule has 0 saturated carbocycles. The molecule has 1 N–H and O–H groups in total. The third-order valence-corrected chi connectivity index (χ3v) is 7.32. The Morgan fingerprint density at radius 1 is 0.848 bits per heavy atom. The summed E-state index contributed by atoms with van der Waals surface area (Å²) in [6.45, 7) is 1.60. The number of hydrogen-bond donors (Lipinski definition) is 1. The zero-order valence-electron chi connectivity index (χ0n) is 17.7. The molecule has 0 unspecified atom stereocenters. The maximum atomic E-state index is 13.4. The van der Waals surface area contributed by atoms with Crippen LogP contribution in [0, 0.1) is 5.82 Å². The number of aromatic nitrogens is 1. The summed E-state index contributed by atoms with van der Waals surface area (Å²) < 4.78 is 77.2. The standard InChI is InChI=1S/C25H21F4NO2S/c1-2-33(31,32)22-9-4-16(5-10-22)11-17-3-6-19-14-21(30-24(19)12-17)13-18-7-8-20(26)15-23(18)25(27,28)29/h3-10,12,14-15,30H,2,11,13H2,1H3. The summed E-state index contributed by atoms with van der Waals surface area (Å²) in [6.07, 6.45) is -4.07. The molecule has 0 aliphatic rings. The molecule has 0 atom stereocenters. The Bertz CT molecular complexity index is 1400. The summed E-state index contributed by atoms with van der Waals surface area (Å²) in [6, 6.07) is 17.0. The van der Waals surface area contributed by atoms with Crippen molar-refractivity contribution in [2.24, 2.45) is 0 Å². The van der Waals surface area contributed by atoms with Gasteiger partial charge in [0, 0.05) is 17.6 Å².